The zero-order chi connectivity index (χ0) is 11.5. The van der Waals surface area contributed by atoms with Gasteiger partial charge in [-0.15, -0.1) is 0 Å². The molecule has 0 spiro atoms. The Bertz CT molecular complexity index is 455. The topological polar surface area (TPSA) is 43.4 Å². The predicted molar refractivity (Wildman–Crippen MR) is 66.1 cm³/mol. The minimum Gasteiger partial charge on any atom is -0.460 e. The largest absolute Gasteiger partial charge is 0.460 e. The molecule has 0 saturated carbocycles. The van der Waals surface area contributed by atoms with E-state index in [4.69, 9.17) is 8.83 Å². The number of carbonyl (C=O) groups is 1. The predicted octanol–water partition coefficient (Wildman–Crippen LogP) is 3.89. The third-order valence-electron chi connectivity index (χ3n) is 2.19. The summed E-state index contributed by atoms with van der Waals surface area (Å²) in [5.41, 5.74) is 1.64. The Morgan fingerprint density at radius 2 is 1.44 bits per heavy atom. The van der Waals surface area contributed by atoms with Gasteiger partial charge in [-0.2, -0.15) is 0 Å². The van der Waals surface area contributed by atoms with Crippen LogP contribution in [0.25, 0.3) is 0 Å². The first kappa shape index (κ1) is 11.7. The maximum Gasteiger partial charge on any atom is 0.263 e. The van der Waals surface area contributed by atoms with E-state index in [2.05, 4.69) is 31.9 Å². The molecule has 16 heavy (non-hydrogen) atoms. The Hall–Kier alpha value is -0.810. The van der Waals surface area contributed by atoms with Gasteiger partial charge in [-0.25, -0.2) is 0 Å². The smallest absolute Gasteiger partial charge is 0.263 e. The number of furan rings is 2. The number of rotatable bonds is 4. The van der Waals surface area contributed by atoms with Crippen LogP contribution in [0.3, 0.4) is 0 Å². The van der Waals surface area contributed by atoms with Crippen molar-refractivity contribution in [3.05, 3.63) is 47.3 Å². The molecule has 0 bridgehead atoms. The molecular formula is C11H8Br2O3. The molecule has 2 aromatic heterocycles. The molecule has 0 saturated heterocycles. The fourth-order valence-corrected chi connectivity index (χ4v) is 2.27. The van der Waals surface area contributed by atoms with Crippen molar-refractivity contribution >= 4 is 37.6 Å². The highest BCUT2D eigenvalue weighted by atomic mass is 79.9. The SMILES string of the molecule is O=C(c1occc1CBr)c1occc1CBr. The molecule has 0 aliphatic carbocycles. The van der Waals surface area contributed by atoms with Crippen molar-refractivity contribution in [2.24, 2.45) is 0 Å². The first-order valence-corrected chi connectivity index (χ1v) is 6.81. The van der Waals surface area contributed by atoms with Crippen molar-refractivity contribution in [2.75, 3.05) is 0 Å². The van der Waals surface area contributed by atoms with Crippen LogP contribution < -0.4 is 0 Å². The van der Waals surface area contributed by atoms with Crippen molar-refractivity contribution in [3.8, 4) is 0 Å². The van der Waals surface area contributed by atoms with Crippen molar-refractivity contribution in [2.45, 2.75) is 10.7 Å². The van der Waals surface area contributed by atoms with Crippen LogP contribution in [-0.2, 0) is 10.7 Å². The third-order valence-corrected chi connectivity index (χ3v) is 3.40. The van der Waals surface area contributed by atoms with E-state index in [9.17, 15) is 4.79 Å². The van der Waals surface area contributed by atoms with Crippen LogP contribution >= 0.6 is 31.9 Å². The van der Waals surface area contributed by atoms with E-state index in [0.29, 0.717) is 22.2 Å². The summed E-state index contributed by atoms with van der Waals surface area (Å²) < 4.78 is 10.4. The van der Waals surface area contributed by atoms with E-state index in [-0.39, 0.29) is 5.78 Å². The molecule has 5 heteroatoms. The summed E-state index contributed by atoms with van der Waals surface area (Å²) in [5.74, 6) is 0.432. The molecule has 3 nitrogen and oxygen atoms in total. The van der Waals surface area contributed by atoms with Crippen molar-refractivity contribution in [1.82, 2.24) is 0 Å². The Balaban J connectivity index is 2.39. The zero-order valence-electron chi connectivity index (χ0n) is 8.20. The van der Waals surface area contributed by atoms with E-state index in [1.807, 2.05) is 0 Å². The first-order valence-electron chi connectivity index (χ1n) is 4.57. The second kappa shape index (κ2) is 5.01. The molecule has 0 amide bonds. The number of carbonyl (C=O) groups excluding carboxylic acids is 1. The molecule has 0 radical (unpaired) electrons. The number of hydrogen-bond donors (Lipinski definition) is 0. The van der Waals surface area contributed by atoms with E-state index in [1.54, 1.807) is 12.1 Å². The molecule has 2 aromatic rings. The molecule has 0 unspecified atom stereocenters. The van der Waals surface area contributed by atoms with Crippen LogP contribution in [0.1, 0.15) is 27.4 Å². The maximum absolute atomic E-state index is 12.1. The van der Waals surface area contributed by atoms with E-state index in [1.165, 1.54) is 12.5 Å². The highest BCUT2D eigenvalue weighted by molar-refractivity contribution is 9.08. The lowest BCUT2D eigenvalue weighted by Gasteiger charge is -1.98. The average Bonchev–Trinajstić information content (AvgIpc) is 2.96. The van der Waals surface area contributed by atoms with Crippen molar-refractivity contribution < 1.29 is 13.6 Å². The minimum atomic E-state index is -0.223. The second-order valence-corrected chi connectivity index (χ2v) is 4.27. The van der Waals surface area contributed by atoms with Gasteiger partial charge >= 0.3 is 0 Å². The highest BCUT2D eigenvalue weighted by Gasteiger charge is 2.22. The molecule has 84 valence electrons. The van der Waals surface area contributed by atoms with Crippen molar-refractivity contribution in [1.29, 1.82) is 0 Å². The van der Waals surface area contributed by atoms with Crippen LogP contribution in [0.15, 0.2) is 33.5 Å². The summed E-state index contributed by atoms with van der Waals surface area (Å²) in [6, 6.07) is 3.53. The Labute approximate surface area is 109 Å². The molecule has 2 rings (SSSR count). The normalized spacial score (nSPS) is 10.6. The van der Waals surface area contributed by atoms with Gasteiger partial charge in [-0.1, -0.05) is 31.9 Å². The van der Waals surface area contributed by atoms with Gasteiger partial charge in [0.15, 0.2) is 11.5 Å². The van der Waals surface area contributed by atoms with Crippen molar-refractivity contribution in [3.63, 3.8) is 0 Å². The number of ketones is 1. The molecule has 0 aromatic carbocycles. The van der Waals surface area contributed by atoms with Gasteiger partial charge in [0.25, 0.3) is 5.78 Å². The molecule has 0 atom stereocenters. The Morgan fingerprint density at radius 3 is 1.81 bits per heavy atom. The first-order chi connectivity index (χ1) is 7.77. The van der Waals surface area contributed by atoms with Crippen LogP contribution in [-0.4, -0.2) is 5.78 Å². The summed E-state index contributed by atoms with van der Waals surface area (Å²) in [6.07, 6.45) is 3.00. The molecular weight excluding hydrogens is 340 g/mol. The van der Waals surface area contributed by atoms with Gasteiger partial charge < -0.3 is 8.83 Å². The fourth-order valence-electron chi connectivity index (χ4n) is 1.38. The molecule has 0 fully saturated rings. The van der Waals surface area contributed by atoms with Crippen LogP contribution in [0, 0.1) is 0 Å². The lowest BCUT2D eigenvalue weighted by molar-refractivity contribution is 0.0981. The van der Waals surface area contributed by atoms with Crippen LogP contribution in [0.5, 0.6) is 0 Å². The van der Waals surface area contributed by atoms with E-state index >= 15 is 0 Å². The monoisotopic (exact) mass is 346 g/mol. The minimum absolute atomic E-state index is 0.223. The van der Waals surface area contributed by atoms with Crippen LogP contribution in [0.2, 0.25) is 0 Å². The zero-order valence-corrected chi connectivity index (χ0v) is 11.4. The standard InChI is InChI=1S/C11H8Br2O3/c12-5-7-1-3-15-10(7)9(14)11-8(6-13)2-4-16-11/h1-4H,5-6H2. The van der Waals surface area contributed by atoms with E-state index < -0.39 is 0 Å². The van der Waals surface area contributed by atoms with E-state index in [0.717, 1.165) is 11.1 Å². The Morgan fingerprint density at radius 1 is 1.00 bits per heavy atom. The summed E-state index contributed by atoms with van der Waals surface area (Å²) in [4.78, 5) is 12.1. The van der Waals surface area contributed by atoms with Gasteiger partial charge in [0.1, 0.15) is 0 Å². The summed E-state index contributed by atoms with van der Waals surface area (Å²) in [6.45, 7) is 0. The Kier molecular flexibility index (Phi) is 3.66. The van der Waals surface area contributed by atoms with Crippen LogP contribution in [0.4, 0.5) is 0 Å². The quantitative estimate of drug-likeness (QED) is 0.622. The lowest BCUT2D eigenvalue weighted by Crippen LogP contribution is -2.03. The van der Waals surface area contributed by atoms with Gasteiger partial charge in [0, 0.05) is 21.8 Å². The molecule has 2 heterocycles. The maximum atomic E-state index is 12.1. The van der Waals surface area contributed by atoms with Gasteiger partial charge in [-0.3, -0.25) is 4.79 Å². The number of hydrogen-bond acceptors (Lipinski definition) is 3. The number of alkyl halides is 2. The lowest BCUT2D eigenvalue weighted by atomic mass is 10.1. The summed E-state index contributed by atoms with van der Waals surface area (Å²) >= 11 is 6.61. The number of halogens is 2. The fraction of sp³-hybridized carbons (Fsp3) is 0.182. The molecule has 0 N–H and O–H groups in total. The molecule has 0 aliphatic rings. The highest BCUT2D eigenvalue weighted by Crippen LogP contribution is 2.22. The summed E-state index contributed by atoms with van der Waals surface area (Å²) in [5, 5.41) is 1.16. The second-order valence-electron chi connectivity index (χ2n) is 3.15. The molecule has 0 aliphatic heterocycles. The van der Waals surface area contributed by atoms with Gasteiger partial charge in [0.2, 0.25) is 0 Å². The van der Waals surface area contributed by atoms with Gasteiger partial charge in [-0.05, 0) is 12.1 Å². The average molecular weight is 348 g/mol. The summed E-state index contributed by atoms with van der Waals surface area (Å²) in [7, 11) is 0. The third kappa shape index (κ3) is 2.01. The van der Waals surface area contributed by atoms with Gasteiger partial charge in [0.05, 0.1) is 12.5 Å².